The summed E-state index contributed by atoms with van der Waals surface area (Å²) in [7, 11) is 2.32. The molecule has 11 heavy (non-hydrogen) atoms. The Morgan fingerprint density at radius 1 is 1.45 bits per heavy atom. The Hall–Kier alpha value is 0.320. The predicted octanol–water partition coefficient (Wildman–Crippen LogP) is 2.03. The smallest absolute Gasteiger partial charge is 0.126 e. The molecule has 3 heteroatoms. The van der Waals surface area contributed by atoms with Crippen molar-refractivity contribution in [3.05, 3.63) is 0 Å². The second kappa shape index (κ2) is 3.82. The zero-order valence-corrected chi connectivity index (χ0v) is 8.30. The van der Waals surface area contributed by atoms with Crippen molar-refractivity contribution in [2.45, 2.75) is 31.6 Å². The molecule has 0 aliphatic carbocycles. The monoisotopic (exact) mass is 177 g/mol. The lowest BCUT2D eigenvalue weighted by Crippen LogP contribution is -2.38. The van der Waals surface area contributed by atoms with E-state index in [1.807, 2.05) is 0 Å². The third-order valence-corrected chi connectivity index (χ3v) is 2.80. The van der Waals surface area contributed by atoms with Crippen molar-refractivity contribution in [3.63, 3.8) is 0 Å². The Morgan fingerprint density at radius 2 is 2.00 bits per heavy atom. The number of likely N-dealkylation sites (tertiary alicyclic amines) is 1. The van der Waals surface area contributed by atoms with E-state index in [1.54, 1.807) is 0 Å². The van der Waals surface area contributed by atoms with Crippen LogP contribution in [0.1, 0.15) is 26.2 Å². The van der Waals surface area contributed by atoms with Gasteiger partial charge in [-0.3, -0.25) is 0 Å². The molecule has 0 bridgehead atoms. The fourth-order valence-corrected chi connectivity index (χ4v) is 1.72. The molecule has 0 amide bonds. The van der Waals surface area contributed by atoms with Crippen LogP contribution in [-0.2, 0) is 0 Å². The lowest BCUT2D eigenvalue weighted by molar-refractivity contribution is 0.128. The van der Waals surface area contributed by atoms with Crippen molar-refractivity contribution in [2.75, 3.05) is 19.6 Å². The van der Waals surface area contributed by atoms with Gasteiger partial charge in [0.25, 0.3) is 0 Å². The van der Waals surface area contributed by atoms with Crippen LogP contribution in [-0.4, -0.2) is 29.9 Å². The number of hydrogen-bond acceptors (Lipinski definition) is 1. The van der Waals surface area contributed by atoms with Crippen molar-refractivity contribution in [1.82, 2.24) is 4.90 Å². The lowest BCUT2D eigenvalue weighted by atomic mass is 10.1. The van der Waals surface area contributed by atoms with Gasteiger partial charge in [0.15, 0.2) is 0 Å². The zero-order valence-electron chi connectivity index (χ0n) is 7.15. The van der Waals surface area contributed by atoms with Crippen molar-refractivity contribution in [1.29, 1.82) is 0 Å². The zero-order chi connectivity index (χ0) is 8.32. The number of alkyl halides is 1. The fraction of sp³-hybridized carbons (Fsp3) is 1.00. The molecule has 1 atom stereocenters. The van der Waals surface area contributed by atoms with Crippen LogP contribution in [0.25, 0.3) is 0 Å². The first-order valence-electron chi connectivity index (χ1n) is 4.34. The Bertz CT molecular complexity index is 117. The molecule has 66 valence electrons. The molecule has 1 heterocycles. The molecule has 0 radical (unpaired) electrons. The highest BCUT2D eigenvalue weighted by Crippen LogP contribution is 2.32. The molecular formula is C8H17FNP. The van der Waals surface area contributed by atoms with Gasteiger partial charge in [0, 0.05) is 13.1 Å². The van der Waals surface area contributed by atoms with E-state index in [-0.39, 0.29) is 0 Å². The van der Waals surface area contributed by atoms with Crippen molar-refractivity contribution in [3.8, 4) is 0 Å². The average molecular weight is 177 g/mol. The van der Waals surface area contributed by atoms with Crippen LogP contribution in [0, 0.1) is 0 Å². The van der Waals surface area contributed by atoms with Crippen LogP contribution in [0.3, 0.4) is 0 Å². The van der Waals surface area contributed by atoms with Gasteiger partial charge in [-0.25, -0.2) is 4.39 Å². The standard InChI is InChI=1S/C8H17FNP/c1-2-5-10-6-3-8(9,11)4-7-10/h2-7,11H2,1H3. The molecule has 0 N–H and O–H groups in total. The van der Waals surface area contributed by atoms with Crippen LogP contribution < -0.4 is 0 Å². The maximum Gasteiger partial charge on any atom is 0.126 e. The first-order chi connectivity index (χ1) is 5.14. The van der Waals surface area contributed by atoms with Gasteiger partial charge in [-0.2, -0.15) is 0 Å². The molecule has 1 fully saturated rings. The van der Waals surface area contributed by atoms with Crippen LogP contribution in [0.15, 0.2) is 0 Å². The summed E-state index contributed by atoms with van der Waals surface area (Å²) >= 11 is 0. The Morgan fingerprint density at radius 3 is 2.45 bits per heavy atom. The molecule has 0 aromatic rings. The van der Waals surface area contributed by atoms with E-state index in [0.717, 1.165) is 19.6 Å². The highest BCUT2D eigenvalue weighted by Gasteiger charge is 2.28. The topological polar surface area (TPSA) is 3.24 Å². The minimum atomic E-state index is -0.968. The van der Waals surface area contributed by atoms with Gasteiger partial charge in [-0.1, -0.05) is 16.2 Å². The number of rotatable bonds is 2. The van der Waals surface area contributed by atoms with Crippen molar-refractivity contribution < 1.29 is 4.39 Å². The van der Waals surface area contributed by atoms with Crippen LogP contribution in [0.2, 0.25) is 0 Å². The first-order valence-corrected chi connectivity index (χ1v) is 4.92. The molecule has 0 saturated carbocycles. The van der Waals surface area contributed by atoms with Gasteiger partial charge >= 0.3 is 0 Å². The molecule has 0 aromatic carbocycles. The fourth-order valence-electron chi connectivity index (χ4n) is 1.46. The minimum absolute atomic E-state index is 0.678. The van der Waals surface area contributed by atoms with Crippen LogP contribution in [0.5, 0.6) is 0 Å². The number of nitrogens with zero attached hydrogens (tertiary/aromatic N) is 1. The van der Waals surface area contributed by atoms with Gasteiger partial charge in [0.05, 0.1) is 0 Å². The van der Waals surface area contributed by atoms with Crippen molar-refractivity contribution >= 4 is 9.24 Å². The molecule has 1 aliphatic heterocycles. The second-order valence-electron chi connectivity index (χ2n) is 3.38. The molecule has 0 aromatic heterocycles. The minimum Gasteiger partial charge on any atom is -0.303 e. The molecule has 0 spiro atoms. The summed E-state index contributed by atoms with van der Waals surface area (Å²) < 4.78 is 13.2. The summed E-state index contributed by atoms with van der Waals surface area (Å²) in [6.45, 7) is 5.14. The number of piperidine rings is 1. The first kappa shape index (κ1) is 9.41. The van der Waals surface area contributed by atoms with Crippen LogP contribution in [0.4, 0.5) is 4.39 Å². The third kappa shape index (κ3) is 3.04. The molecule has 1 saturated heterocycles. The van der Waals surface area contributed by atoms with E-state index in [9.17, 15) is 4.39 Å². The Kier molecular flexibility index (Phi) is 3.27. The number of halogens is 1. The highest BCUT2D eigenvalue weighted by atomic mass is 31.0. The van der Waals surface area contributed by atoms with E-state index >= 15 is 0 Å². The Balaban J connectivity index is 2.25. The second-order valence-corrected chi connectivity index (χ2v) is 4.41. The quantitative estimate of drug-likeness (QED) is 0.583. The van der Waals surface area contributed by atoms with E-state index in [4.69, 9.17) is 0 Å². The third-order valence-electron chi connectivity index (χ3n) is 2.23. The molecule has 1 unspecified atom stereocenters. The van der Waals surface area contributed by atoms with Gasteiger partial charge in [-0.05, 0) is 25.8 Å². The molecule has 1 aliphatic rings. The average Bonchev–Trinajstić information content (AvgIpc) is 1.94. The van der Waals surface area contributed by atoms with Gasteiger partial charge in [0.1, 0.15) is 5.41 Å². The van der Waals surface area contributed by atoms with Gasteiger partial charge in [-0.15, -0.1) is 0 Å². The van der Waals surface area contributed by atoms with Crippen molar-refractivity contribution in [2.24, 2.45) is 0 Å². The van der Waals surface area contributed by atoms with E-state index in [0.29, 0.717) is 12.8 Å². The summed E-state index contributed by atoms with van der Waals surface area (Å²) in [6, 6.07) is 0. The summed E-state index contributed by atoms with van der Waals surface area (Å²) in [5.41, 5.74) is 0. The van der Waals surface area contributed by atoms with Gasteiger partial charge in [0.2, 0.25) is 0 Å². The maximum atomic E-state index is 13.2. The lowest BCUT2D eigenvalue weighted by Gasteiger charge is -2.33. The predicted molar refractivity (Wildman–Crippen MR) is 49.5 cm³/mol. The largest absolute Gasteiger partial charge is 0.303 e. The number of hydrogen-bond donors (Lipinski definition) is 0. The summed E-state index contributed by atoms with van der Waals surface area (Å²) in [5.74, 6) is 0. The summed E-state index contributed by atoms with van der Waals surface area (Å²) in [6.07, 6.45) is 2.53. The summed E-state index contributed by atoms with van der Waals surface area (Å²) in [5, 5.41) is -0.968. The highest BCUT2D eigenvalue weighted by molar-refractivity contribution is 7.18. The summed E-state index contributed by atoms with van der Waals surface area (Å²) in [4.78, 5) is 2.34. The molecule has 1 rings (SSSR count). The van der Waals surface area contributed by atoms with E-state index < -0.39 is 5.41 Å². The van der Waals surface area contributed by atoms with Gasteiger partial charge < -0.3 is 4.90 Å². The van der Waals surface area contributed by atoms with Crippen LogP contribution >= 0.6 is 9.24 Å². The molecule has 1 nitrogen and oxygen atoms in total. The van der Waals surface area contributed by atoms with E-state index in [1.165, 1.54) is 6.42 Å². The Labute approximate surface area is 70.5 Å². The maximum absolute atomic E-state index is 13.2. The SMILES string of the molecule is CCCN1CCC(F)(P)CC1. The normalized spacial score (nSPS) is 25.4. The molecular weight excluding hydrogens is 160 g/mol. The van der Waals surface area contributed by atoms with E-state index in [2.05, 4.69) is 21.1 Å².